The van der Waals surface area contributed by atoms with E-state index in [-0.39, 0.29) is 5.69 Å². The number of non-ortho nitro benzene ring substituents is 1. The Kier molecular flexibility index (Phi) is 5.80. The van der Waals surface area contributed by atoms with Crippen molar-refractivity contribution in [2.45, 2.75) is 13.5 Å². The summed E-state index contributed by atoms with van der Waals surface area (Å²) < 4.78 is 0. The third-order valence-electron chi connectivity index (χ3n) is 4.62. The zero-order valence-corrected chi connectivity index (χ0v) is 15.6. The zero-order valence-electron chi connectivity index (χ0n) is 14.8. The molecule has 0 spiro atoms. The topological polar surface area (TPSA) is 62.8 Å². The molecule has 26 heavy (non-hydrogen) atoms. The van der Waals surface area contributed by atoms with Gasteiger partial charge in [0.1, 0.15) is 6.54 Å². The van der Waals surface area contributed by atoms with Gasteiger partial charge in [-0.05, 0) is 31.3 Å². The normalized spacial score (nSPS) is 14.9. The average Bonchev–Trinajstić information content (AvgIpc) is 2.63. The van der Waals surface area contributed by atoms with Gasteiger partial charge in [0.15, 0.2) is 5.11 Å². The fourth-order valence-corrected chi connectivity index (χ4v) is 3.48. The summed E-state index contributed by atoms with van der Waals surface area (Å²) >= 11 is 5.50. The Morgan fingerprint density at radius 1 is 1.23 bits per heavy atom. The average molecular weight is 371 g/mol. The van der Waals surface area contributed by atoms with Gasteiger partial charge in [-0.15, -0.1) is 0 Å². The molecule has 2 aromatic carbocycles. The van der Waals surface area contributed by atoms with E-state index < -0.39 is 4.92 Å². The Bertz CT molecular complexity index is 786. The monoisotopic (exact) mass is 371 g/mol. The number of benzene rings is 2. The van der Waals surface area contributed by atoms with Crippen molar-refractivity contribution in [3.63, 3.8) is 0 Å². The highest BCUT2D eigenvalue weighted by molar-refractivity contribution is 7.80. The van der Waals surface area contributed by atoms with E-state index >= 15 is 0 Å². The number of aryl methyl sites for hydroxylation is 1. The van der Waals surface area contributed by atoms with Crippen molar-refractivity contribution in [3.8, 4) is 0 Å². The van der Waals surface area contributed by atoms with E-state index in [1.807, 2.05) is 0 Å². The number of rotatable bonds is 4. The molecule has 1 fully saturated rings. The lowest BCUT2D eigenvalue weighted by molar-refractivity contribution is -0.917. The minimum absolute atomic E-state index is 0.0785. The van der Waals surface area contributed by atoms with Crippen LogP contribution in [-0.4, -0.2) is 41.1 Å². The van der Waals surface area contributed by atoms with E-state index in [2.05, 4.69) is 41.4 Å². The number of nitro benzene ring substituents is 1. The van der Waals surface area contributed by atoms with Crippen LogP contribution in [0.3, 0.4) is 0 Å². The molecule has 0 unspecified atom stereocenters. The highest BCUT2D eigenvalue weighted by Crippen LogP contribution is 2.16. The number of anilines is 1. The van der Waals surface area contributed by atoms with Gasteiger partial charge in [-0.3, -0.25) is 10.1 Å². The molecule has 0 amide bonds. The first-order valence-electron chi connectivity index (χ1n) is 8.71. The van der Waals surface area contributed by atoms with Crippen molar-refractivity contribution in [1.29, 1.82) is 0 Å². The lowest BCUT2D eigenvalue weighted by atomic mass is 10.1. The van der Waals surface area contributed by atoms with Crippen LogP contribution in [0, 0.1) is 17.0 Å². The van der Waals surface area contributed by atoms with E-state index in [0.29, 0.717) is 5.11 Å². The number of quaternary nitrogens is 1. The molecule has 7 heteroatoms. The van der Waals surface area contributed by atoms with Crippen LogP contribution in [0.5, 0.6) is 0 Å². The minimum Gasteiger partial charge on any atom is -0.338 e. The fraction of sp³-hybridized carbons (Fsp3) is 0.316. The number of hydrogen-bond acceptors (Lipinski definition) is 3. The van der Waals surface area contributed by atoms with E-state index in [9.17, 15) is 10.1 Å². The van der Waals surface area contributed by atoms with Gasteiger partial charge in [-0.25, -0.2) is 0 Å². The van der Waals surface area contributed by atoms with Crippen molar-refractivity contribution in [3.05, 3.63) is 69.8 Å². The zero-order chi connectivity index (χ0) is 18.5. The van der Waals surface area contributed by atoms with Crippen LogP contribution >= 0.6 is 12.2 Å². The summed E-state index contributed by atoms with van der Waals surface area (Å²) in [7, 11) is 0. The van der Waals surface area contributed by atoms with E-state index in [1.165, 1.54) is 23.3 Å². The summed E-state index contributed by atoms with van der Waals surface area (Å²) in [6, 6.07) is 15.0. The number of nitrogens with one attached hydrogen (secondary N) is 2. The lowest BCUT2D eigenvalue weighted by Gasteiger charge is -2.34. The molecule has 2 N–H and O–H groups in total. The van der Waals surface area contributed by atoms with Crippen molar-refractivity contribution in [2.24, 2.45) is 0 Å². The SMILES string of the molecule is Cc1cccc(C[NH+]2CCN(C(=S)Nc3ccc([N+](=O)[O-])cc3)CC2)c1. The van der Waals surface area contributed by atoms with E-state index in [0.717, 1.165) is 38.4 Å². The largest absolute Gasteiger partial charge is 0.338 e. The number of nitro groups is 1. The molecule has 1 aliphatic heterocycles. The molecular formula is C19H23N4O2S+. The van der Waals surface area contributed by atoms with Crippen LogP contribution in [0.15, 0.2) is 48.5 Å². The van der Waals surface area contributed by atoms with Crippen molar-refractivity contribution < 1.29 is 9.82 Å². The standard InChI is InChI=1S/C19H22N4O2S/c1-15-3-2-4-16(13-15)14-21-9-11-22(12-10-21)19(26)20-17-5-7-18(8-6-17)23(24)25/h2-8,13H,9-12,14H2,1H3,(H,20,26)/p+1. The van der Waals surface area contributed by atoms with E-state index in [1.54, 1.807) is 17.0 Å². The minimum atomic E-state index is -0.404. The molecule has 136 valence electrons. The second kappa shape index (κ2) is 8.25. The molecule has 0 saturated carbocycles. The molecule has 1 heterocycles. The Balaban J connectivity index is 1.49. The van der Waals surface area contributed by atoms with Gasteiger partial charge < -0.3 is 15.1 Å². The van der Waals surface area contributed by atoms with Crippen LogP contribution in [0.4, 0.5) is 11.4 Å². The summed E-state index contributed by atoms with van der Waals surface area (Å²) in [4.78, 5) is 14.0. The first-order chi connectivity index (χ1) is 12.5. The van der Waals surface area contributed by atoms with Gasteiger partial charge in [-0.2, -0.15) is 0 Å². The smallest absolute Gasteiger partial charge is 0.269 e. The maximum Gasteiger partial charge on any atom is 0.269 e. The molecule has 0 aliphatic carbocycles. The predicted molar refractivity (Wildman–Crippen MR) is 106 cm³/mol. The summed E-state index contributed by atoms with van der Waals surface area (Å²) in [5.41, 5.74) is 3.53. The number of hydrogen-bond donors (Lipinski definition) is 2. The molecule has 1 saturated heterocycles. The summed E-state index contributed by atoms with van der Waals surface area (Å²) in [5.74, 6) is 0. The van der Waals surface area contributed by atoms with Gasteiger partial charge in [0.2, 0.25) is 0 Å². The Labute approximate surface area is 158 Å². The van der Waals surface area contributed by atoms with Crippen LogP contribution in [0.25, 0.3) is 0 Å². The van der Waals surface area contributed by atoms with Crippen molar-refractivity contribution >= 4 is 28.7 Å². The molecule has 1 aliphatic rings. The molecule has 0 radical (unpaired) electrons. The van der Waals surface area contributed by atoms with E-state index in [4.69, 9.17) is 12.2 Å². The highest BCUT2D eigenvalue weighted by Gasteiger charge is 2.22. The van der Waals surface area contributed by atoms with Gasteiger partial charge in [0, 0.05) is 23.4 Å². The quantitative estimate of drug-likeness (QED) is 0.489. The van der Waals surface area contributed by atoms with Crippen molar-refractivity contribution in [2.75, 3.05) is 31.5 Å². The van der Waals surface area contributed by atoms with Gasteiger partial charge >= 0.3 is 0 Å². The maximum atomic E-state index is 10.7. The highest BCUT2D eigenvalue weighted by atomic mass is 32.1. The fourth-order valence-electron chi connectivity index (χ4n) is 3.18. The lowest BCUT2D eigenvalue weighted by Crippen LogP contribution is -3.13. The number of nitrogens with zero attached hydrogens (tertiary/aromatic N) is 2. The van der Waals surface area contributed by atoms with Gasteiger partial charge in [0.05, 0.1) is 31.1 Å². The maximum absolute atomic E-state index is 10.7. The van der Waals surface area contributed by atoms with Gasteiger partial charge in [0.25, 0.3) is 5.69 Å². The second-order valence-electron chi connectivity index (χ2n) is 6.64. The number of thiocarbonyl (C=S) groups is 1. The molecule has 3 rings (SSSR count). The molecule has 0 bridgehead atoms. The first-order valence-corrected chi connectivity index (χ1v) is 9.11. The molecule has 0 atom stereocenters. The summed E-state index contributed by atoms with van der Waals surface area (Å²) in [6.45, 7) is 7.04. The summed E-state index contributed by atoms with van der Waals surface area (Å²) in [5, 5.41) is 14.6. The van der Waals surface area contributed by atoms with Crippen molar-refractivity contribution in [1.82, 2.24) is 4.90 Å². The Morgan fingerprint density at radius 2 is 1.92 bits per heavy atom. The second-order valence-corrected chi connectivity index (χ2v) is 7.02. The molecule has 6 nitrogen and oxygen atoms in total. The van der Waals surface area contributed by atoms with Gasteiger partial charge in [-0.1, -0.05) is 29.8 Å². The number of piperazine rings is 1. The summed E-state index contributed by atoms with van der Waals surface area (Å²) in [6.07, 6.45) is 0. The molecular weight excluding hydrogens is 348 g/mol. The van der Waals surface area contributed by atoms with Crippen LogP contribution in [0.1, 0.15) is 11.1 Å². The molecule has 0 aromatic heterocycles. The Morgan fingerprint density at radius 3 is 2.54 bits per heavy atom. The first kappa shape index (κ1) is 18.3. The Hall–Kier alpha value is -2.51. The molecule has 2 aromatic rings. The third kappa shape index (κ3) is 4.77. The van der Waals surface area contributed by atoms with Crippen LogP contribution in [-0.2, 0) is 6.54 Å². The van der Waals surface area contributed by atoms with Crippen LogP contribution < -0.4 is 10.2 Å². The predicted octanol–water partition coefficient (Wildman–Crippen LogP) is 2.00. The third-order valence-corrected chi connectivity index (χ3v) is 4.98. The van der Waals surface area contributed by atoms with Crippen LogP contribution in [0.2, 0.25) is 0 Å².